The molecule has 1 heterocycles. The fourth-order valence-electron chi connectivity index (χ4n) is 2.67. The molecule has 1 N–H and O–H groups in total. The summed E-state index contributed by atoms with van der Waals surface area (Å²) in [6.45, 7) is 3.73. The summed E-state index contributed by atoms with van der Waals surface area (Å²) in [5.74, 6) is 0.179. The van der Waals surface area contributed by atoms with E-state index in [-0.39, 0.29) is 11.9 Å². The first-order chi connectivity index (χ1) is 11.0. The van der Waals surface area contributed by atoms with E-state index in [9.17, 15) is 9.59 Å². The molecule has 2 rings (SSSR count). The second kappa shape index (κ2) is 8.34. The van der Waals surface area contributed by atoms with Gasteiger partial charge in [0.05, 0.1) is 0 Å². The van der Waals surface area contributed by atoms with Crippen molar-refractivity contribution >= 4 is 33.9 Å². The number of furan rings is 1. The molecular formula is C17H22BrNO4. The van der Waals surface area contributed by atoms with Crippen LogP contribution in [0.1, 0.15) is 45.3 Å². The summed E-state index contributed by atoms with van der Waals surface area (Å²) in [7, 11) is 0. The first-order valence-electron chi connectivity index (χ1n) is 7.90. The third-order valence-corrected chi connectivity index (χ3v) is 4.51. The second-order valence-electron chi connectivity index (χ2n) is 5.93. The van der Waals surface area contributed by atoms with E-state index in [0.29, 0.717) is 16.3 Å². The van der Waals surface area contributed by atoms with Gasteiger partial charge in [0.15, 0.2) is 10.8 Å². The van der Waals surface area contributed by atoms with E-state index in [0.717, 1.165) is 19.3 Å². The van der Waals surface area contributed by atoms with E-state index >= 15 is 0 Å². The Balaban J connectivity index is 1.80. The number of hydrogen-bond donors (Lipinski definition) is 1. The van der Waals surface area contributed by atoms with Crippen LogP contribution in [0.4, 0.5) is 0 Å². The van der Waals surface area contributed by atoms with Crippen LogP contribution in [0.15, 0.2) is 27.3 Å². The highest BCUT2D eigenvalue weighted by Gasteiger charge is 2.25. The molecule has 0 unspecified atom stereocenters. The van der Waals surface area contributed by atoms with Gasteiger partial charge in [-0.1, -0.05) is 19.8 Å². The SMILES string of the molecule is C[C@@H]1CCCC[C@H]1NC(=O)[C@@H](C)OC(=O)/C=C/c1ccc(Br)o1. The monoisotopic (exact) mass is 383 g/mol. The molecule has 1 fully saturated rings. The zero-order valence-corrected chi connectivity index (χ0v) is 15.0. The smallest absolute Gasteiger partial charge is 0.331 e. The highest BCUT2D eigenvalue weighted by atomic mass is 79.9. The zero-order valence-electron chi connectivity index (χ0n) is 13.4. The molecular weight excluding hydrogens is 362 g/mol. The summed E-state index contributed by atoms with van der Waals surface area (Å²) < 4.78 is 11.0. The summed E-state index contributed by atoms with van der Waals surface area (Å²) in [6.07, 6.45) is 6.39. The van der Waals surface area contributed by atoms with Crippen LogP contribution >= 0.6 is 15.9 Å². The molecule has 3 atom stereocenters. The van der Waals surface area contributed by atoms with Crippen molar-refractivity contribution in [1.29, 1.82) is 0 Å². The predicted octanol–water partition coefficient (Wildman–Crippen LogP) is 3.68. The molecule has 1 aromatic heterocycles. The first kappa shape index (κ1) is 17.8. The summed E-state index contributed by atoms with van der Waals surface area (Å²) in [6, 6.07) is 3.62. The molecule has 1 aromatic rings. The number of ether oxygens (including phenoxy) is 1. The molecule has 5 nitrogen and oxygen atoms in total. The van der Waals surface area contributed by atoms with Crippen molar-refractivity contribution in [3.63, 3.8) is 0 Å². The van der Waals surface area contributed by atoms with Gasteiger partial charge in [0.1, 0.15) is 5.76 Å². The lowest BCUT2D eigenvalue weighted by Crippen LogP contribution is -2.45. The summed E-state index contributed by atoms with van der Waals surface area (Å²) in [5, 5.41) is 2.99. The molecule has 1 aliphatic rings. The Labute approximate surface area is 144 Å². The Hall–Kier alpha value is -1.56. The average molecular weight is 384 g/mol. The summed E-state index contributed by atoms with van der Waals surface area (Å²) in [4.78, 5) is 23.9. The van der Waals surface area contributed by atoms with Gasteiger partial charge in [-0.3, -0.25) is 4.79 Å². The molecule has 126 valence electrons. The molecule has 0 radical (unpaired) electrons. The summed E-state index contributed by atoms with van der Waals surface area (Å²) in [5.41, 5.74) is 0. The average Bonchev–Trinajstić information content (AvgIpc) is 2.93. The van der Waals surface area contributed by atoms with Crippen LogP contribution < -0.4 is 5.32 Å². The molecule has 6 heteroatoms. The molecule has 1 aliphatic carbocycles. The van der Waals surface area contributed by atoms with Crippen molar-refractivity contribution in [2.75, 3.05) is 0 Å². The molecule has 0 aromatic carbocycles. The quantitative estimate of drug-likeness (QED) is 0.621. The van der Waals surface area contributed by atoms with Gasteiger partial charge in [0, 0.05) is 12.1 Å². The van der Waals surface area contributed by atoms with Crippen molar-refractivity contribution in [2.45, 2.75) is 51.7 Å². The molecule has 0 saturated heterocycles. The Morgan fingerprint density at radius 3 is 2.78 bits per heavy atom. The van der Waals surface area contributed by atoms with Crippen LogP contribution in [0, 0.1) is 5.92 Å². The Morgan fingerprint density at radius 1 is 1.39 bits per heavy atom. The minimum atomic E-state index is -0.815. The normalized spacial score (nSPS) is 22.7. The maximum absolute atomic E-state index is 12.1. The Bertz CT molecular complexity index is 581. The number of nitrogens with one attached hydrogen (secondary N) is 1. The Kier molecular flexibility index (Phi) is 6.45. The number of amides is 1. The molecule has 1 amide bonds. The van der Waals surface area contributed by atoms with Crippen molar-refractivity contribution in [2.24, 2.45) is 5.92 Å². The summed E-state index contributed by atoms with van der Waals surface area (Å²) >= 11 is 3.18. The third-order valence-electron chi connectivity index (χ3n) is 4.08. The zero-order chi connectivity index (χ0) is 16.8. The minimum absolute atomic E-state index is 0.174. The minimum Gasteiger partial charge on any atom is -0.450 e. The maximum Gasteiger partial charge on any atom is 0.331 e. The van der Waals surface area contributed by atoms with Crippen molar-refractivity contribution < 1.29 is 18.7 Å². The van der Waals surface area contributed by atoms with Crippen molar-refractivity contribution in [3.05, 3.63) is 28.6 Å². The number of carbonyl (C=O) groups excluding carboxylic acids is 2. The van der Waals surface area contributed by atoms with Gasteiger partial charge < -0.3 is 14.5 Å². The van der Waals surface area contributed by atoms with Gasteiger partial charge in [-0.25, -0.2) is 4.79 Å². The molecule has 0 bridgehead atoms. The first-order valence-corrected chi connectivity index (χ1v) is 8.69. The lowest BCUT2D eigenvalue weighted by molar-refractivity contribution is -0.150. The van der Waals surface area contributed by atoms with Gasteiger partial charge in [0.2, 0.25) is 0 Å². The van der Waals surface area contributed by atoms with Crippen LogP contribution in [0.3, 0.4) is 0 Å². The highest BCUT2D eigenvalue weighted by Crippen LogP contribution is 2.23. The van der Waals surface area contributed by atoms with Gasteiger partial charge in [-0.05, 0) is 59.8 Å². The van der Waals surface area contributed by atoms with E-state index in [1.807, 2.05) is 0 Å². The Morgan fingerprint density at radius 2 is 2.13 bits per heavy atom. The highest BCUT2D eigenvalue weighted by molar-refractivity contribution is 9.10. The van der Waals surface area contributed by atoms with Gasteiger partial charge in [-0.15, -0.1) is 0 Å². The third kappa shape index (κ3) is 5.53. The number of esters is 1. The molecule has 0 aliphatic heterocycles. The lowest BCUT2D eigenvalue weighted by atomic mass is 9.86. The second-order valence-corrected chi connectivity index (χ2v) is 6.71. The van der Waals surface area contributed by atoms with Crippen molar-refractivity contribution in [1.82, 2.24) is 5.32 Å². The van der Waals surface area contributed by atoms with Crippen molar-refractivity contribution in [3.8, 4) is 0 Å². The van der Waals surface area contributed by atoms with Crippen LogP contribution in [-0.4, -0.2) is 24.0 Å². The maximum atomic E-state index is 12.1. The molecule has 23 heavy (non-hydrogen) atoms. The van der Waals surface area contributed by atoms with Crippen LogP contribution in [0.2, 0.25) is 0 Å². The fraction of sp³-hybridized carbons (Fsp3) is 0.529. The van der Waals surface area contributed by atoms with Crippen LogP contribution in [-0.2, 0) is 14.3 Å². The fourth-order valence-corrected chi connectivity index (χ4v) is 2.98. The van der Waals surface area contributed by atoms with E-state index in [2.05, 4.69) is 28.2 Å². The van der Waals surface area contributed by atoms with E-state index in [1.165, 1.54) is 18.6 Å². The van der Waals surface area contributed by atoms with Gasteiger partial charge in [-0.2, -0.15) is 0 Å². The number of carbonyl (C=O) groups is 2. The van der Waals surface area contributed by atoms with Gasteiger partial charge >= 0.3 is 5.97 Å². The van der Waals surface area contributed by atoms with E-state index in [1.54, 1.807) is 19.1 Å². The van der Waals surface area contributed by atoms with Gasteiger partial charge in [0.25, 0.3) is 5.91 Å². The molecule has 0 spiro atoms. The number of hydrogen-bond acceptors (Lipinski definition) is 4. The van der Waals surface area contributed by atoms with E-state index < -0.39 is 12.1 Å². The van der Waals surface area contributed by atoms with Crippen LogP contribution in [0.5, 0.6) is 0 Å². The van der Waals surface area contributed by atoms with Crippen LogP contribution in [0.25, 0.3) is 6.08 Å². The lowest BCUT2D eigenvalue weighted by Gasteiger charge is -2.30. The predicted molar refractivity (Wildman–Crippen MR) is 90.6 cm³/mol. The number of halogens is 1. The molecule has 1 saturated carbocycles. The topological polar surface area (TPSA) is 68.5 Å². The number of rotatable bonds is 5. The standard InChI is InChI=1S/C17H22BrNO4/c1-11-5-3-4-6-14(11)19-17(21)12(2)22-16(20)10-8-13-7-9-15(18)23-13/h7-12,14H,3-6H2,1-2H3,(H,19,21)/b10-8+/t11-,12-,14-/m1/s1. The largest absolute Gasteiger partial charge is 0.450 e. The van der Waals surface area contributed by atoms with E-state index in [4.69, 9.17) is 9.15 Å².